The van der Waals surface area contributed by atoms with E-state index in [1.54, 1.807) is 6.92 Å². The van der Waals surface area contributed by atoms with Gasteiger partial charge in [-0.15, -0.1) is 0 Å². The van der Waals surface area contributed by atoms with Crippen molar-refractivity contribution < 1.29 is 9.59 Å². The molecular weight excluding hydrogens is 300 g/mol. The van der Waals surface area contributed by atoms with Gasteiger partial charge in [-0.3, -0.25) is 9.59 Å². The fraction of sp³-hybridized carbons (Fsp3) is 0.900. The molecule has 2 rings (SSSR count). The molecule has 2 aliphatic heterocycles. The maximum absolute atomic E-state index is 12.3. The van der Waals surface area contributed by atoms with E-state index in [1.165, 1.54) is 25.7 Å². The highest BCUT2D eigenvalue weighted by Crippen LogP contribution is 2.24. The van der Waals surface area contributed by atoms with Crippen LogP contribution in [-0.4, -0.2) is 53.7 Å². The van der Waals surface area contributed by atoms with Gasteiger partial charge in [0.15, 0.2) is 0 Å². The third-order valence-electron chi connectivity index (χ3n) is 5.93. The summed E-state index contributed by atoms with van der Waals surface area (Å²) in [5.74, 6) is 1.00. The Morgan fingerprint density at radius 2 is 1.50 bits per heavy atom. The van der Waals surface area contributed by atoms with E-state index in [1.807, 2.05) is 0 Å². The fourth-order valence-corrected chi connectivity index (χ4v) is 4.19. The average Bonchev–Trinajstić information content (AvgIpc) is 2.61. The van der Waals surface area contributed by atoms with Gasteiger partial charge in [-0.2, -0.15) is 0 Å². The Morgan fingerprint density at radius 3 is 2.08 bits per heavy atom. The van der Waals surface area contributed by atoms with E-state index in [9.17, 15) is 9.59 Å². The molecule has 2 heterocycles. The van der Waals surface area contributed by atoms with Gasteiger partial charge in [-0.25, -0.2) is 0 Å². The Hall–Kier alpha value is -0.900. The topological polar surface area (TPSA) is 40.6 Å². The van der Waals surface area contributed by atoms with Gasteiger partial charge in [-0.1, -0.05) is 32.6 Å². The molecular formula is C20H36N2O2. The molecule has 0 aromatic heterocycles. The van der Waals surface area contributed by atoms with Gasteiger partial charge in [0.2, 0.25) is 5.91 Å². The minimum absolute atomic E-state index is 0.288. The van der Waals surface area contributed by atoms with Crippen LogP contribution in [0.3, 0.4) is 0 Å². The van der Waals surface area contributed by atoms with Crippen molar-refractivity contribution in [1.29, 1.82) is 0 Å². The van der Waals surface area contributed by atoms with Crippen molar-refractivity contribution in [2.24, 2.45) is 5.92 Å². The van der Waals surface area contributed by atoms with Crippen molar-refractivity contribution in [1.82, 2.24) is 9.80 Å². The molecule has 1 amide bonds. The molecule has 0 aromatic rings. The highest BCUT2D eigenvalue weighted by molar-refractivity contribution is 5.78. The lowest BCUT2D eigenvalue weighted by Crippen LogP contribution is -2.49. The Kier molecular flexibility index (Phi) is 8.23. The zero-order valence-corrected chi connectivity index (χ0v) is 15.8. The SMILES string of the molecule is CCCCCCCC(=O)N1CCC(N2CCC(C(C)=O)CC2)CC1. The second kappa shape index (κ2) is 10.2. The minimum atomic E-state index is 0.288. The van der Waals surface area contributed by atoms with Crippen LogP contribution in [0.4, 0.5) is 0 Å². The molecule has 2 saturated heterocycles. The minimum Gasteiger partial charge on any atom is -0.343 e. The van der Waals surface area contributed by atoms with E-state index >= 15 is 0 Å². The number of piperidine rings is 2. The van der Waals surface area contributed by atoms with Gasteiger partial charge in [0.25, 0.3) is 0 Å². The Morgan fingerprint density at radius 1 is 0.875 bits per heavy atom. The molecule has 24 heavy (non-hydrogen) atoms. The van der Waals surface area contributed by atoms with Crippen LogP contribution in [-0.2, 0) is 9.59 Å². The van der Waals surface area contributed by atoms with Crippen molar-refractivity contribution in [3.63, 3.8) is 0 Å². The summed E-state index contributed by atoms with van der Waals surface area (Å²) >= 11 is 0. The van der Waals surface area contributed by atoms with Crippen LogP contribution < -0.4 is 0 Å². The summed E-state index contributed by atoms with van der Waals surface area (Å²) in [7, 11) is 0. The first kappa shape index (κ1) is 19.4. The average molecular weight is 337 g/mol. The third kappa shape index (κ3) is 5.87. The summed E-state index contributed by atoms with van der Waals surface area (Å²) < 4.78 is 0. The zero-order valence-electron chi connectivity index (χ0n) is 15.8. The Labute approximate surface area is 148 Å². The molecule has 0 radical (unpaired) electrons. The number of rotatable bonds is 8. The van der Waals surface area contributed by atoms with E-state index in [4.69, 9.17) is 0 Å². The lowest BCUT2D eigenvalue weighted by Gasteiger charge is -2.41. The molecule has 0 aliphatic carbocycles. The zero-order chi connectivity index (χ0) is 17.4. The van der Waals surface area contributed by atoms with Gasteiger partial charge in [0.05, 0.1) is 0 Å². The summed E-state index contributed by atoms with van der Waals surface area (Å²) in [6.07, 6.45) is 11.0. The van der Waals surface area contributed by atoms with Crippen molar-refractivity contribution in [2.45, 2.75) is 84.1 Å². The monoisotopic (exact) mass is 336 g/mol. The molecule has 4 nitrogen and oxygen atoms in total. The van der Waals surface area contributed by atoms with Gasteiger partial charge in [-0.05, 0) is 52.1 Å². The van der Waals surface area contributed by atoms with Gasteiger partial charge < -0.3 is 9.80 Å². The van der Waals surface area contributed by atoms with Crippen molar-refractivity contribution in [3.8, 4) is 0 Å². The molecule has 2 fully saturated rings. The standard InChI is InChI=1S/C20H36N2O2/c1-3-4-5-6-7-8-20(24)22-15-11-19(12-16-22)21-13-9-18(10-14-21)17(2)23/h18-19H,3-16H2,1-2H3. The van der Waals surface area contributed by atoms with E-state index in [0.717, 1.165) is 64.7 Å². The predicted molar refractivity (Wildman–Crippen MR) is 98.0 cm³/mol. The van der Waals surface area contributed by atoms with Crippen LogP contribution in [0, 0.1) is 5.92 Å². The number of unbranched alkanes of at least 4 members (excludes halogenated alkanes) is 4. The summed E-state index contributed by atoms with van der Waals surface area (Å²) in [5.41, 5.74) is 0. The Bertz CT molecular complexity index is 394. The maximum atomic E-state index is 12.3. The van der Waals surface area contributed by atoms with Gasteiger partial charge in [0.1, 0.15) is 5.78 Å². The number of amides is 1. The molecule has 0 unspecified atom stereocenters. The normalized spacial score (nSPS) is 21.2. The number of hydrogen-bond donors (Lipinski definition) is 0. The maximum Gasteiger partial charge on any atom is 0.222 e. The summed E-state index contributed by atoms with van der Waals surface area (Å²) in [6.45, 7) is 7.90. The lowest BCUT2D eigenvalue weighted by atomic mass is 9.91. The molecule has 2 aliphatic rings. The lowest BCUT2D eigenvalue weighted by molar-refractivity contribution is -0.133. The number of nitrogens with zero attached hydrogens (tertiary/aromatic N) is 2. The number of Topliss-reactive ketones (excluding diaryl/α,β-unsaturated/α-hetero) is 1. The van der Waals surface area contributed by atoms with E-state index in [0.29, 0.717) is 17.7 Å². The first-order chi connectivity index (χ1) is 11.6. The highest BCUT2D eigenvalue weighted by atomic mass is 16.2. The molecule has 0 atom stereocenters. The second-order valence-corrected chi connectivity index (χ2v) is 7.70. The van der Waals surface area contributed by atoms with E-state index in [-0.39, 0.29) is 5.92 Å². The van der Waals surface area contributed by atoms with Gasteiger partial charge >= 0.3 is 0 Å². The number of likely N-dealkylation sites (tertiary alicyclic amines) is 2. The first-order valence-corrected chi connectivity index (χ1v) is 10.1. The quantitative estimate of drug-likeness (QED) is 0.635. The number of hydrogen-bond acceptors (Lipinski definition) is 3. The van der Waals surface area contributed by atoms with Crippen LogP contribution >= 0.6 is 0 Å². The summed E-state index contributed by atoms with van der Waals surface area (Å²) in [5, 5.41) is 0. The molecule has 0 bridgehead atoms. The van der Waals surface area contributed by atoms with E-state index < -0.39 is 0 Å². The predicted octanol–water partition coefficient (Wildman–Crippen LogP) is 3.64. The number of carbonyl (C=O) groups excluding carboxylic acids is 2. The largest absolute Gasteiger partial charge is 0.343 e. The van der Waals surface area contributed by atoms with Crippen LogP contribution in [0.1, 0.15) is 78.1 Å². The fourth-order valence-electron chi connectivity index (χ4n) is 4.19. The third-order valence-corrected chi connectivity index (χ3v) is 5.93. The molecule has 0 aromatic carbocycles. The molecule has 0 saturated carbocycles. The number of carbonyl (C=O) groups is 2. The second-order valence-electron chi connectivity index (χ2n) is 7.70. The number of ketones is 1. The summed E-state index contributed by atoms with van der Waals surface area (Å²) in [6, 6.07) is 0.617. The smallest absolute Gasteiger partial charge is 0.222 e. The first-order valence-electron chi connectivity index (χ1n) is 10.1. The highest BCUT2D eigenvalue weighted by Gasteiger charge is 2.30. The van der Waals surface area contributed by atoms with Crippen LogP contribution in [0.25, 0.3) is 0 Å². The molecule has 138 valence electrons. The summed E-state index contributed by atoms with van der Waals surface area (Å²) in [4.78, 5) is 28.4. The van der Waals surface area contributed by atoms with Crippen molar-refractivity contribution >= 4 is 11.7 Å². The molecule has 0 N–H and O–H groups in total. The van der Waals surface area contributed by atoms with Gasteiger partial charge in [0, 0.05) is 31.5 Å². The van der Waals surface area contributed by atoms with Crippen LogP contribution in [0.2, 0.25) is 0 Å². The van der Waals surface area contributed by atoms with E-state index in [2.05, 4.69) is 16.7 Å². The van der Waals surface area contributed by atoms with Crippen molar-refractivity contribution in [3.05, 3.63) is 0 Å². The molecule has 0 spiro atoms. The van der Waals surface area contributed by atoms with Crippen LogP contribution in [0.15, 0.2) is 0 Å². The Balaban J connectivity index is 1.62. The van der Waals surface area contributed by atoms with Crippen LogP contribution in [0.5, 0.6) is 0 Å². The molecule has 4 heteroatoms. The van der Waals surface area contributed by atoms with Crippen molar-refractivity contribution in [2.75, 3.05) is 26.2 Å².